The number of rotatable bonds is 5. The monoisotopic (exact) mass is 292 g/mol. The standard InChI is InChI=1S/C14H17BrN2/c1-17-11-12(10-16-17)6-5-9-14(15)13-7-3-2-4-8-13/h2-4,7-8,10-11,14H,5-6,9H2,1H3. The molecule has 2 rings (SSSR count). The van der Waals surface area contributed by atoms with Gasteiger partial charge in [-0.2, -0.15) is 5.10 Å². The zero-order valence-corrected chi connectivity index (χ0v) is 11.6. The molecule has 2 aromatic rings. The van der Waals surface area contributed by atoms with Gasteiger partial charge in [-0.1, -0.05) is 46.3 Å². The molecule has 0 N–H and O–H groups in total. The summed E-state index contributed by atoms with van der Waals surface area (Å²) < 4.78 is 1.86. The van der Waals surface area contributed by atoms with Crippen molar-refractivity contribution in [1.29, 1.82) is 0 Å². The van der Waals surface area contributed by atoms with Crippen molar-refractivity contribution in [1.82, 2.24) is 9.78 Å². The maximum Gasteiger partial charge on any atom is 0.0521 e. The number of benzene rings is 1. The van der Waals surface area contributed by atoms with Gasteiger partial charge in [-0.15, -0.1) is 0 Å². The van der Waals surface area contributed by atoms with Crippen molar-refractivity contribution in [3.63, 3.8) is 0 Å². The topological polar surface area (TPSA) is 17.8 Å². The Labute approximate surface area is 111 Å². The Bertz CT molecular complexity index is 450. The van der Waals surface area contributed by atoms with Crippen LogP contribution < -0.4 is 0 Å². The van der Waals surface area contributed by atoms with Gasteiger partial charge in [0.1, 0.15) is 0 Å². The van der Waals surface area contributed by atoms with Crippen LogP contribution >= 0.6 is 15.9 Å². The third-order valence-electron chi connectivity index (χ3n) is 2.84. The molecule has 0 fully saturated rings. The van der Waals surface area contributed by atoms with Crippen LogP contribution in [0.2, 0.25) is 0 Å². The van der Waals surface area contributed by atoms with Crippen molar-refractivity contribution in [3.05, 3.63) is 53.9 Å². The van der Waals surface area contributed by atoms with Crippen molar-refractivity contribution in [2.75, 3.05) is 0 Å². The summed E-state index contributed by atoms with van der Waals surface area (Å²) in [7, 11) is 1.96. The van der Waals surface area contributed by atoms with Gasteiger partial charge in [0, 0.05) is 18.1 Å². The second-order valence-corrected chi connectivity index (χ2v) is 5.40. The third kappa shape index (κ3) is 3.70. The van der Waals surface area contributed by atoms with Crippen molar-refractivity contribution >= 4 is 15.9 Å². The Hall–Kier alpha value is -1.09. The van der Waals surface area contributed by atoms with Crippen LogP contribution in [0.5, 0.6) is 0 Å². The molecule has 1 aromatic heterocycles. The first-order chi connectivity index (χ1) is 8.25. The summed E-state index contributed by atoms with van der Waals surface area (Å²) in [5.41, 5.74) is 2.68. The molecule has 0 aliphatic carbocycles. The summed E-state index contributed by atoms with van der Waals surface area (Å²) in [6, 6.07) is 10.6. The lowest BCUT2D eigenvalue weighted by atomic mass is 10.1. The second-order valence-electron chi connectivity index (χ2n) is 4.29. The van der Waals surface area contributed by atoms with Gasteiger partial charge >= 0.3 is 0 Å². The number of hydrogen-bond acceptors (Lipinski definition) is 1. The van der Waals surface area contributed by atoms with E-state index in [4.69, 9.17) is 0 Å². The predicted molar refractivity (Wildman–Crippen MR) is 74.3 cm³/mol. The minimum atomic E-state index is 0.459. The van der Waals surface area contributed by atoms with Gasteiger partial charge in [-0.3, -0.25) is 4.68 Å². The third-order valence-corrected chi connectivity index (χ3v) is 3.83. The van der Waals surface area contributed by atoms with E-state index in [1.54, 1.807) is 0 Å². The molecule has 1 atom stereocenters. The zero-order valence-electron chi connectivity index (χ0n) is 10.0. The van der Waals surface area contributed by atoms with Crippen LogP contribution in [-0.4, -0.2) is 9.78 Å². The molecule has 0 saturated carbocycles. The van der Waals surface area contributed by atoms with Crippen LogP contribution in [-0.2, 0) is 13.5 Å². The van der Waals surface area contributed by atoms with Crippen molar-refractivity contribution in [2.24, 2.45) is 7.05 Å². The molecule has 0 radical (unpaired) electrons. The minimum absolute atomic E-state index is 0.459. The Morgan fingerprint density at radius 3 is 2.71 bits per heavy atom. The predicted octanol–water partition coefficient (Wildman–Crippen LogP) is 3.88. The van der Waals surface area contributed by atoms with Crippen LogP contribution in [0, 0.1) is 0 Å². The van der Waals surface area contributed by atoms with Crippen molar-refractivity contribution in [2.45, 2.75) is 24.1 Å². The average molecular weight is 293 g/mol. The lowest BCUT2D eigenvalue weighted by molar-refractivity contribution is 0.727. The first-order valence-corrected chi connectivity index (χ1v) is 6.84. The Balaban J connectivity index is 1.79. The van der Waals surface area contributed by atoms with E-state index in [-0.39, 0.29) is 0 Å². The second kappa shape index (κ2) is 6.01. The smallest absolute Gasteiger partial charge is 0.0521 e. The van der Waals surface area contributed by atoms with E-state index in [9.17, 15) is 0 Å². The Kier molecular flexibility index (Phi) is 4.37. The fourth-order valence-corrected chi connectivity index (χ4v) is 2.54. The normalized spacial score (nSPS) is 12.6. The van der Waals surface area contributed by atoms with E-state index in [0.717, 1.165) is 12.8 Å². The molecule has 0 amide bonds. The maximum absolute atomic E-state index is 4.18. The lowest BCUT2D eigenvalue weighted by Gasteiger charge is -2.09. The molecule has 0 bridgehead atoms. The molecule has 2 nitrogen and oxygen atoms in total. The van der Waals surface area contributed by atoms with Crippen molar-refractivity contribution in [3.8, 4) is 0 Å². The number of halogens is 1. The quantitative estimate of drug-likeness (QED) is 0.765. The van der Waals surface area contributed by atoms with Crippen LogP contribution in [0.1, 0.15) is 28.8 Å². The SMILES string of the molecule is Cn1cc(CCCC(Br)c2ccccc2)cn1. The molecule has 0 spiro atoms. The summed E-state index contributed by atoms with van der Waals surface area (Å²) >= 11 is 3.74. The van der Waals surface area contributed by atoms with E-state index in [0.29, 0.717) is 4.83 Å². The molecule has 3 heteroatoms. The Morgan fingerprint density at radius 2 is 2.06 bits per heavy atom. The number of aromatic nitrogens is 2. The molecule has 0 aliphatic heterocycles. The molecular weight excluding hydrogens is 276 g/mol. The number of nitrogens with zero attached hydrogens (tertiary/aromatic N) is 2. The molecule has 0 saturated heterocycles. The summed E-state index contributed by atoms with van der Waals surface area (Å²) in [6.07, 6.45) is 7.47. The molecule has 17 heavy (non-hydrogen) atoms. The lowest BCUT2D eigenvalue weighted by Crippen LogP contribution is -1.91. The maximum atomic E-state index is 4.18. The first-order valence-electron chi connectivity index (χ1n) is 5.92. The van der Waals surface area contributed by atoms with Gasteiger partial charge in [0.05, 0.1) is 6.20 Å². The number of alkyl halides is 1. The fourth-order valence-electron chi connectivity index (χ4n) is 1.91. The van der Waals surface area contributed by atoms with Gasteiger partial charge in [-0.05, 0) is 30.4 Å². The van der Waals surface area contributed by atoms with Crippen LogP contribution in [0.3, 0.4) is 0 Å². The van der Waals surface area contributed by atoms with E-state index in [2.05, 4.69) is 57.6 Å². The first kappa shape index (κ1) is 12.4. The van der Waals surface area contributed by atoms with Gasteiger partial charge in [0.15, 0.2) is 0 Å². The Morgan fingerprint density at radius 1 is 1.29 bits per heavy atom. The van der Waals surface area contributed by atoms with Crippen molar-refractivity contribution < 1.29 is 0 Å². The molecular formula is C14H17BrN2. The summed E-state index contributed by atoms with van der Waals surface area (Å²) in [4.78, 5) is 0.459. The number of aryl methyl sites for hydroxylation is 2. The summed E-state index contributed by atoms with van der Waals surface area (Å²) in [5, 5.41) is 4.18. The summed E-state index contributed by atoms with van der Waals surface area (Å²) in [5.74, 6) is 0. The zero-order chi connectivity index (χ0) is 12.1. The average Bonchev–Trinajstić information content (AvgIpc) is 2.76. The highest BCUT2D eigenvalue weighted by molar-refractivity contribution is 9.09. The minimum Gasteiger partial charge on any atom is -0.276 e. The van der Waals surface area contributed by atoms with E-state index < -0.39 is 0 Å². The van der Waals surface area contributed by atoms with E-state index in [1.165, 1.54) is 17.5 Å². The molecule has 90 valence electrons. The molecule has 1 unspecified atom stereocenters. The molecule has 1 aromatic carbocycles. The highest BCUT2D eigenvalue weighted by Gasteiger charge is 2.06. The van der Waals surface area contributed by atoms with E-state index >= 15 is 0 Å². The highest BCUT2D eigenvalue weighted by Crippen LogP contribution is 2.27. The highest BCUT2D eigenvalue weighted by atomic mass is 79.9. The van der Waals surface area contributed by atoms with Gasteiger partial charge < -0.3 is 0 Å². The van der Waals surface area contributed by atoms with Crippen LogP contribution in [0.15, 0.2) is 42.7 Å². The van der Waals surface area contributed by atoms with Gasteiger partial charge in [0.25, 0.3) is 0 Å². The van der Waals surface area contributed by atoms with Gasteiger partial charge in [0.2, 0.25) is 0 Å². The van der Waals surface area contributed by atoms with Crippen LogP contribution in [0.4, 0.5) is 0 Å². The largest absolute Gasteiger partial charge is 0.276 e. The van der Waals surface area contributed by atoms with Crippen LogP contribution in [0.25, 0.3) is 0 Å². The van der Waals surface area contributed by atoms with E-state index in [1.807, 2.05) is 17.9 Å². The molecule has 1 heterocycles. The number of hydrogen-bond donors (Lipinski definition) is 0. The fraction of sp³-hybridized carbons (Fsp3) is 0.357. The summed E-state index contributed by atoms with van der Waals surface area (Å²) in [6.45, 7) is 0. The van der Waals surface area contributed by atoms with Gasteiger partial charge in [-0.25, -0.2) is 0 Å². The molecule has 0 aliphatic rings.